The Morgan fingerprint density at radius 3 is 2.86 bits per heavy atom. The van der Waals surface area contributed by atoms with Crippen molar-refractivity contribution < 1.29 is 18.0 Å². The largest absolute Gasteiger partial charge is 0.433 e. The first-order valence-corrected chi connectivity index (χ1v) is 6.46. The van der Waals surface area contributed by atoms with Gasteiger partial charge in [0.15, 0.2) is 0 Å². The SMILES string of the molecule is Cc1cc(C(F)(F)F)nc(CCNC(=O)[C@H]2C=CCN2)n1. The first-order valence-electron chi connectivity index (χ1n) is 6.46. The summed E-state index contributed by atoms with van der Waals surface area (Å²) < 4.78 is 37.9. The summed E-state index contributed by atoms with van der Waals surface area (Å²) in [6.45, 7) is 2.30. The molecule has 0 unspecified atom stereocenters. The van der Waals surface area contributed by atoms with E-state index in [0.717, 1.165) is 6.07 Å². The maximum Gasteiger partial charge on any atom is 0.433 e. The van der Waals surface area contributed by atoms with Gasteiger partial charge in [0.05, 0.1) is 0 Å². The Kier molecular flexibility index (Phi) is 4.56. The molecule has 0 saturated heterocycles. The third-order valence-corrected chi connectivity index (χ3v) is 2.91. The van der Waals surface area contributed by atoms with E-state index in [2.05, 4.69) is 20.6 Å². The summed E-state index contributed by atoms with van der Waals surface area (Å²) in [7, 11) is 0. The number of aromatic nitrogens is 2. The Morgan fingerprint density at radius 2 is 2.24 bits per heavy atom. The molecule has 0 saturated carbocycles. The van der Waals surface area contributed by atoms with E-state index in [1.165, 1.54) is 6.92 Å². The molecular formula is C13H15F3N4O. The molecule has 0 aromatic carbocycles. The van der Waals surface area contributed by atoms with Gasteiger partial charge in [-0.15, -0.1) is 0 Å². The molecule has 0 fully saturated rings. The number of amides is 1. The zero-order valence-electron chi connectivity index (χ0n) is 11.4. The number of hydrogen-bond acceptors (Lipinski definition) is 4. The van der Waals surface area contributed by atoms with Gasteiger partial charge in [-0.25, -0.2) is 9.97 Å². The fourth-order valence-corrected chi connectivity index (χ4v) is 1.94. The van der Waals surface area contributed by atoms with Crippen LogP contribution in [0.2, 0.25) is 0 Å². The summed E-state index contributed by atoms with van der Waals surface area (Å²) in [6.07, 6.45) is -0.777. The van der Waals surface area contributed by atoms with Crippen LogP contribution in [0.1, 0.15) is 17.2 Å². The van der Waals surface area contributed by atoms with Crippen LogP contribution in [0, 0.1) is 6.92 Å². The molecule has 0 spiro atoms. The topological polar surface area (TPSA) is 66.9 Å². The second kappa shape index (κ2) is 6.21. The highest BCUT2D eigenvalue weighted by Crippen LogP contribution is 2.27. The van der Waals surface area contributed by atoms with Crippen molar-refractivity contribution in [3.05, 3.63) is 35.4 Å². The summed E-state index contributed by atoms with van der Waals surface area (Å²) in [5.74, 6) is -0.148. The summed E-state index contributed by atoms with van der Waals surface area (Å²) >= 11 is 0. The average molecular weight is 300 g/mol. The zero-order chi connectivity index (χ0) is 15.5. The monoisotopic (exact) mass is 300 g/mol. The van der Waals surface area contributed by atoms with Crippen molar-refractivity contribution in [2.75, 3.05) is 13.1 Å². The van der Waals surface area contributed by atoms with E-state index in [4.69, 9.17) is 0 Å². The molecule has 5 nitrogen and oxygen atoms in total. The number of nitrogens with one attached hydrogen (secondary N) is 2. The first-order chi connectivity index (χ1) is 9.86. The van der Waals surface area contributed by atoms with Crippen LogP contribution in [-0.4, -0.2) is 35.0 Å². The molecule has 114 valence electrons. The standard InChI is InChI=1S/C13H15F3N4O/c1-8-7-10(13(14,15)16)20-11(19-8)4-6-18-12(21)9-3-2-5-17-9/h2-3,7,9,17H,4-6H2,1H3,(H,18,21)/t9-/m1/s1. The quantitative estimate of drug-likeness (QED) is 0.814. The molecule has 0 aliphatic carbocycles. The Bertz CT molecular complexity index is 557. The van der Waals surface area contributed by atoms with Crippen molar-refractivity contribution in [2.24, 2.45) is 0 Å². The lowest BCUT2D eigenvalue weighted by Gasteiger charge is -2.11. The van der Waals surface area contributed by atoms with Crippen LogP contribution in [-0.2, 0) is 17.4 Å². The number of halogens is 3. The van der Waals surface area contributed by atoms with Crippen molar-refractivity contribution in [2.45, 2.75) is 25.6 Å². The average Bonchev–Trinajstić information content (AvgIpc) is 2.90. The summed E-state index contributed by atoms with van der Waals surface area (Å²) in [6, 6.07) is 0.518. The molecule has 1 aromatic heterocycles. The van der Waals surface area contributed by atoms with Crippen LogP contribution in [0.25, 0.3) is 0 Å². The van der Waals surface area contributed by atoms with Crippen LogP contribution < -0.4 is 10.6 Å². The molecule has 2 N–H and O–H groups in total. The van der Waals surface area contributed by atoms with Crippen molar-refractivity contribution in [3.8, 4) is 0 Å². The molecular weight excluding hydrogens is 285 g/mol. The van der Waals surface area contributed by atoms with E-state index in [0.29, 0.717) is 6.54 Å². The van der Waals surface area contributed by atoms with Crippen molar-refractivity contribution in [3.63, 3.8) is 0 Å². The molecule has 2 rings (SSSR count). The van der Waals surface area contributed by atoms with E-state index >= 15 is 0 Å². The Hall–Kier alpha value is -1.96. The lowest BCUT2D eigenvalue weighted by atomic mass is 10.2. The maximum absolute atomic E-state index is 12.6. The highest BCUT2D eigenvalue weighted by Gasteiger charge is 2.33. The number of rotatable bonds is 4. The molecule has 8 heteroatoms. The van der Waals surface area contributed by atoms with Gasteiger partial charge in [0, 0.05) is 25.2 Å². The molecule has 1 atom stereocenters. The van der Waals surface area contributed by atoms with E-state index in [-0.39, 0.29) is 36.4 Å². The van der Waals surface area contributed by atoms with Crippen LogP contribution in [0.5, 0.6) is 0 Å². The number of nitrogens with zero attached hydrogens (tertiary/aromatic N) is 2. The molecule has 1 amide bonds. The van der Waals surface area contributed by atoms with Crippen molar-refractivity contribution >= 4 is 5.91 Å². The summed E-state index contributed by atoms with van der Waals surface area (Å²) in [5, 5.41) is 5.58. The number of aryl methyl sites for hydroxylation is 1. The Balaban J connectivity index is 1.92. The van der Waals surface area contributed by atoms with Crippen molar-refractivity contribution in [1.82, 2.24) is 20.6 Å². The van der Waals surface area contributed by atoms with Crippen LogP contribution in [0.15, 0.2) is 18.2 Å². The molecule has 21 heavy (non-hydrogen) atoms. The highest BCUT2D eigenvalue weighted by molar-refractivity contribution is 5.84. The Labute approximate surface area is 119 Å². The van der Waals surface area contributed by atoms with Gasteiger partial charge < -0.3 is 5.32 Å². The van der Waals surface area contributed by atoms with Gasteiger partial charge in [-0.3, -0.25) is 10.1 Å². The fraction of sp³-hybridized carbons (Fsp3) is 0.462. The minimum atomic E-state index is -4.50. The molecule has 0 bridgehead atoms. The second-order valence-corrected chi connectivity index (χ2v) is 4.66. The first kappa shape index (κ1) is 15.4. The number of alkyl halides is 3. The summed E-state index contributed by atoms with van der Waals surface area (Å²) in [4.78, 5) is 19.1. The zero-order valence-corrected chi connectivity index (χ0v) is 11.4. The number of hydrogen-bond donors (Lipinski definition) is 2. The minimum absolute atomic E-state index is 0.0672. The molecule has 1 aliphatic rings. The van der Waals surface area contributed by atoms with Gasteiger partial charge in [-0.05, 0) is 13.0 Å². The highest BCUT2D eigenvalue weighted by atomic mass is 19.4. The fourth-order valence-electron chi connectivity index (χ4n) is 1.94. The van der Waals surface area contributed by atoms with Gasteiger partial charge in [-0.2, -0.15) is 13.2 Å². The minimum Gasteiger partial charge on any atom is -0.354 e. The summed E-state index contributed by atoms with van der Waals surface area (Å²) in [5.41, 5.74) is -0.712. The number of carbonyl (C=O) groups is 1. The Morgan fingerprint density at radius 1 is 1.48 bits per heavy atom. The van der Waals surface area contributed by atoms with Gasteiger partial charge in [0.25, 0.3) is 0 Å². The number of carbonyl (C=O) groups excluding carboxylic acids is 1. The van der Waals surface area contributed by atoms with Gasteiger partial charge >= 0.3 is 6.18 Å². The van der Waals surface area contributed by atoms with E-state index < -0.39 is 11.9 Å². The molecule has 0 radical (unpaired) electrons. The smallest absolute Gasteiger partial charge is 0.354 e. The van der Waals surface area contributed by atoms with E-state index in [1.54, 1.807) is 6.08 Å². The van der Waals surface area contributed by atoms with Crippen LogP contribution in [0.3, 0.4) is 0 Å². The maximum atomic E-state index is 12.6. The third kappa shape index (κ3) is 4.25. The van der Waals surface area contributed by atoms with E-state index in [1.807, 2.05) is 6.08 Å². The van der Waals surface area contributed by atoms with Gasteiger partial charge in [0.1, 0.15) is 17.6 Å². The predicted molar refractivity (Wildman–Crippen MR) is 69.4 cm³/mol. The molecule has 1 aromatic rings. The van der Waals surface area contributed by atoms with E-state index in [9.17, 15) is 18.0 Å². The van der Waals surface area contributed by atoms with Crippen LogP contribution in [0.4, 0.5) is 13.2 Å². The van der Waals surface area contributed by atoms with Crippen LogP contribution >= 0.6 is 0 Å². The second-order valence-electron chi connectivity index (χ2n) is 4.66. The van der Waals surface area contributed by atoms with Gasteiger partial charge in [-0.1, -0.05) is 12.2 Å². The normalized spacial score (nSPS) is 18.0. The van der Waals surface area contributed by atoms with Crippen molar-refractivity contribution in [1.29, 1.82) is 0 Å². The predicted octanol–water partition coefficient (Wildman–Crippen LogP) is 0.991. The lowest BCUT2D eigenvalue weighted by Crippen LogP contribution is -2.41. The molecule has 2 heterocycles. The molecule has 1 aliphatic heterocycles. The van der Waals surface area contributed by atoms with Gasteiger partial charge in [0.2, 0.25) is 5.91 Å². The lowest BCUT2D eigenvalue weighted by molar-refractivity contribution is -0.141. The third-order valence-electron chi connectivity index (χ3n) is 2.91.